The van der Waals surface area contributed by atoms with Crippen molar-refractivity contribution in [2.45, 2.75) is 11.3 Å². The zero-order valence-electron chi connectivity index (χ0n) is 19.0. The number of para-hydroxylation sites is 1. The number of aromatic hydroxyl groups is 1. The maximum Gasteiger partial charge on any atom is 0.324 e. The second-order valence-corrected chi connectivity index (χ2v) is 9.50. The van der Waals surface area contributed by atoms with Crippen molar-refractivity contribution >= 4 is 29.0 Å². The number of anilines is 1. The first-order valence-electron chi connectivity index (χ1n) is 11.4. The second kappa shape index (κ2) is 8.92. The normalized spacial score (nSPS) is 23.6. The molecule has 0 radical (unpaired) electrons. The summed E-state index contributed by atoms with van der Waals surface area (Å²) in [6.07, 6.45) is 3.27. The van der Waals surface area contributed by atoms with Gasteiger partial charge in [-0.3, -0.25) is 4.90 Å². The molecular weight excluding hydrogens is 457 g/mol. The minimum absolute atomic E-state index is 0.0530. The largest absolute Gasteiger partial charge is 0.507 e. The SMILES string of the molecule is CN1CCN(C2=C(F)C=C(c3ccccc3O)CC2(Cl)c2ccnc(N3CCNCC3)c2)C1=O. The average molecular weight is 484 g/mol. The van der Waals surface area contributed by atoms with Crippen molar-refractivity contribution in [3.05, 3.63) is 71.3 Å². The van der Waals surface area contributed by atoms with Gasteiger partial charge in [0.05, 0.1) is 5.70 Å². The van der Waals surface area contributed by atoms with E-state index in [1.165, 1.54) is 11.0 Å². The molecule has 1 aliphatic carbocycles. The Hall–Kier alpha value is -3.10. The molecule has 9 heteroatoms. The van der Waals surface area contributed by atoms with Crippen LogP contribution < -0.4 is 10.2 Å². The number of amides is 2. The lowest BCUT2D eigenvalue weighted by atomic mass is 9.81. The van der Waals surface area contributed by atoms with E-state index in [9.17, 15) is 9.90 Å². The maximum atomic E-state index is 15.9. The van der Waals surface area contributed by atoms with E-state index in [4.69, 9.17) is 11.6 Å². The van der Waals surface area contributed by atoms with Crippen LogP contribution in [-0.4, -0.2) is 72.2 Å². The molecule has 1 aromatic heterocycles. The topological polar surface area (TPSA) is 71.9 Å². The molecule has 2 aromatic rings. The van der Waals surface area contributed by atoms with Crippen LogP contribution in [0.2, 0.25) is 0 Å². The molecule has 2 amide bonds. The lowest BCUT2D eigenvalue weighted by Crippen LogP contribution is -2.44. The summed E-state index contributed by atoms with van der Waals surface area (Å²) in [5.41, 5.74) is 1.88. The first-order chi connectivity index (χ1) is 16.4. The first-order valence-corrected chi connectivity index (χ1v) is 11.8. The number of nitrogens with zero attached hydrogens (tertiary/aromatic N) is 4. The number of urea groups is 1. The van der Waals surface area contributed by atoms with Crippen LogP contribution in [0.4, 0.5) is 15.0 Å². The number of halogens is 2. The molecule has 1 atom stereocenters. The summed E-state index contributed by atoms with van der Waals surface area (Å²) in [6.45, 7) is 4.16. The molecular formula is C25H27ClFN5O2. The van der Waals surface area contributed by atoms with Gasteiger partial charge >= 0.3 is 6.03 Å². The number of hydrogen-bond donors (Lipinski definition) is 2. The lowest BCUT2D eigenvalue weighted by Gasteiger charge is -2.39. The number of phenolic OH excluding ortho intramolecular Hbond substituents is 1. The van der Waals surface area contributed by atoms with Gasteiger partial charge < -0.3 is 20.2 Å². The quantitative estimate of drug-likeness (QED) is 0.649. The molecule has 3 heterocycles. The van der Waals surface area contributed by atoms with Gasteiger partial charge in [-0.2, -0.15) is 0 Å². The Kier molecular flexibility index (Phi) is 5.95. The minimum atomic E-state index is -1.36. The zero-order valence-corrected chi connectivity index (χ0v) is 19.7. The number of carbonyl (C=O) groups is 1. The number of alkyl halides is 1. The molecule has 0 bridgehead atoms. The Balaban J connectivity index is 1.63. The predicted molar refractivity (Wildman–Crippen MR) is 130 cm³/mol. The second-order valence-electron chi connectivity index (χ2n) is 8.86. The predicted octanol–water partition coefficient (Wildman–Crippen LogP) is 3.67. The van der Waals surface area contributed by atoms with Gasteiger partial charge in [0, 0.05) is 64.5 Å². The van der Waals surface area contributed by atoms with E-state index in [1.54, 1.807) is 48.5 Å². The monoisotopic (exact) mass is 483 g/mol. The average Bonchev–Trinajstić information content (AvgIpc) is 3.17. The maximum absolute atomic E-state index is 15.9. The molecule has 2 fully saturated rings. The van der Waals surface area contributed by atoms with Gasteiger partial charge in [0.15, 0.2) is 0 Å². The Morgan fingerprint density at radius 1 is 1.15 bits per heavy atom. The molecule has 2 saturated heterocycles. The highest BCUT2D eigenvalue weighted by Gasteiger charge is 2.47. The van der Waals surface area contributed by atoms with Crippen molar-refractivity contribution in [1.29, 1.82) is 0 Å². The van der Waals surface area contributed by atoms with Crippen molar-refractivity contribution in [2.24, 2.45) is 0 Å². The number of hydrogen-bond acceptors (Lipinski definition) is 5. The Bertz CT molecular complexity index is 1180. The van der Waals surface area contributed by atoms with Crippen LogP contribution in [0.25, 0.3) is 5.57 Å². The number of nitrogens with one attached hydrogen (secondary N) is 1. The van der Waals surface area contributed by atoms with Crippen LogP contribution in [0.5, 0.6) is 5.75 Å². The van der Waals surface area contributed by atoms with E-state index in [0.717, 1.165) is 32.0 Å². The molecule has 1 aromatic carbocycles. The third kappa shape index (κ3) is 3.91. The number of pyridine rings is 1. The van der Waals surface area contributed by atoms with Crippen LogP contribution in [0.1, 0.15) is 17.5 Å². The minimum Gasteiger partial charge on any atom is -0.507 e. The van der Waals surface area contributed by atoms with Crippen LogP contribution >= 0.6 is 11.6 Å². The molecule has 7 nitrogen and oxygen atoms in total. The highest BCUT2D eigenvalue weighted by atomic mass is 35.5. The summed E-state index contributed by atoms with van der Waals surface area (Å²) in [4.78, 5) is 21.2. The summed E-state index contributed by atoms with van der Waals surface area (Å²) in [6, 6.07) is 10.2. The summed E-state index contributed by atoms with van der Waals surface area (Å²) >= 11 is 7.37. The molecule has 0 saturated carbocycles. The Labute approximate surface area is 203 Å². The van der Waals surface area contributed by atoms with E-state index in [2.05, 4.69) is 15.2 Å². The summed E-state index contributed by atoms with van der Waals surface area (Å²) < 4.78 is 15.9. The third-order valence-electron chi connectivity index (χ3n) is 6.72. The Morgan fingerprint density at radius 2 is 1.91 bits per heavy atom. The third-order valence-corrected chi connectivity index (χ3v) is 7.25. The number of likely N-dealkylation sites (N-methyl/N-ethyl adjacent to an activating group) is 1. The number of benzene rings is 1. The van der Waals surface area contributed by atoms with Gasteiger partial charge in [-0.05, 0) is 35.4 Å². The van der Waals surface area contributed by atoms with Gasteiger partial charge in [-0.15, -0.1) is 11.6 Å². The van der Waals surface area contributed by atoms with Crippen molar-refractivity contribution < 1.29 is 14.3 Å². The van der Waals surface area contributed by atoms with Crippen molar-refractivity contribution in [3.8, 4) is 5.75 Å². The standard InChI is InChI=1S/C25H27ClFN5O2/c1-30-12-13-32(24(30)34)23-20(27)14-17(19-4-2-3-5-21(19)33)16-25(23,26)18-6-7-29-22(15-18)31-10-8-28-9-11-31/h2-7,14-15,28,33H,8-13,16H2,1H3. The number of aromatic nitrogens is 1. The van der Waals surface area contributed by atoms with Crippen LogP contribution in [-0.2, 0) is 4.87 Å². The summed E-state index contributed by atoms with van der Waals surface area (Å²) in [5.74, 6) is 0.239. The van der Waals surface area contributed by atoms with Gasteiger partial charge in [0.1, 0.15) is 22.3 Å². The summed E-state index contributed by atoms with van der Waals surface area (Å²) in [5, 5.41) is 13.8. The molecule has 2 aliphatic heterocycles. The van der Waals surface area contributed by atoms with Crippen LogP contribution in [0, 0.1) is 0 Å². The van der Waals surface area contributed by atoms with Gasteiger partial charge in [-0.1, -0.05) is 18.2 Å². The van der Waals surface area contributed by atoms with E-state index in [0.29, 0.717) is 29.8 Å². The van der Waals surface area contributed by atoms with Crippen molar-refractivity contribution in [2.75, 3.05) is 51.2 Å². The van der Waals surface area contributed by atoms with Gasteiger partial charge in [0.25, 0.3) is 0 Å². The van der Waals surface area contributed by atoms with Crippen molar-refractivity contribution in [1.82, 2.24) is 20.1 Å². The molecule has 5 rings (SSSR count). The Morgan fingerprint density at radius 3 is 2.62 bits per heavy atom. The van der Waals surface area contributed by atoms with E-state index in [-0.39, 0.29) is 23.9 Å². The number of phenols is 1. The molecule has 178 valence electrons. The molecule has 2 N–H and O–H groups in total. The number of carbonyl (C=O) groups excluding carboxylic acids is 1. The highest BCUT2D eigenvalue weighted by Crippen LogP contribution is 2.52. The van der Waals surface area contributed by atoms with E-state index >= 15 is 4.39 Å². The fourth-order valence-electron chi connectivity index (χ4n) is 4.89. The number of piperazine rings is 1. The van der Waals surface area contributed by atoms with Gasteiger partial charge in [-0.25, -0.2) is 14.2 Å². The lowest BCUT2D eigenvalue weighted by molar-refractivity contribution is 0.203. The molecule has 34 heavy (non-hydrogen) atoms. The van der Waals surface area contributed by atoms with Crippen molar-refractivity contribution in [3.63, 3.8) is 0 Å². The smallest absolute Gasteiger partial charge is 0.324 e. The van der Waals surface area contributed by atoms with Crippen LogP contribution in [0.3, 0.4) is 0 Å². The van der Waals surface area contributed by atoms with E-state index < -0.39 is 10.7 Å². The molecule has 3 aliphatic rings. The number of allylic oxidation sites excluding steroid dienone is 4. The van der Waals surface area contributed by atoms with Gasteiger partial charge in [0.2, 0.25) is 0 Å². The number of rotatable bonds is 4. The highest BCUT2D eigenvalue weighted by molar-refractivity contribution is 6.27. The fraction of sp³-hybridized carbons (Fsp3) is 0.360. The zero-order chi connectivity index (χ0) is 23.9. The molecule has 1 unspecified atom stereocenters. The van der Waals surface area contributed by atoms with Crippen LogP contribution in [0.15, 0.2) is 60.2 Å². The van der Waals surface area contributed by atoms with E-state index in [1.807, 2.05) is 6.07 Å². The fourth-order valence-corrected chi connectivity index (χ4v) is 5.35. The molecule has 0 spiro atoms. The first kappa shape index (κ1) is 22.7. The summed E-state index contributed by atoms with van der Waals surface area (Å²) in [7, 11) is 1.69.